The van der Waals surface area contributed by atoms with Crippen molar-refractivity contribution in [1.29, 1.82) is 0 Å². The van der Waals surface area contributed by atoms with Crippen molar-refractivity contribution in [2.75, 3.05) is 7.11 Å². The molecule has 1 aromatic rings. The zero-order chi connectivity index (χ0) is 13.1. The summed E-state index contributed by atoms with van der Waals surface area (Å²) in [5.41, 5.74) is 6.23. The molecule has 0 aromatic heterocycles. The Morgan fingerprint density at radius 3 is 2.65 bits per heavy atom. The molecular formula is C13H19ClFNO. The summed E-state index contributed by atoms with van der Waals surface area (Å²) in [6.07, 6.45) is 1.44. The van der Waals surface area contributed by atoms with E-state index in [1.165, 1.54) is 6.07 Å². The van der Waals surface area contributed by atoms with Crippen LogP contribution in [0.5, 0.6) is 0 Å². The van der Waals surface area contributed by atoms with Gasteiger partial charge in [-0.3, -0.25) is 0 Å². The molecule has 0 aliphatic rings. The summed E-state index contributed by atoms with van der Waals surface area (Å²) in [5, 5.41) is 0.385. The van der Waals surface area contributed by atoms with E-state index in [0.717, 1.165) is 6.42 Å². The Hall–Kier alpha value is -0.640. The van der Waals surface area contributed by atoms with Gasteiger partial charge < -0.3 is 10.5 Å². The van der Waals surface area contributed by atoms with E-state index >= 15 is 0 Å². The summed E-state index contributed by atoms with van der Waals surface area (Å²) in [6, 6.07) is 4.25. The lowest BCUT2D eigenvalue weighted by molar-refractivity contribution is 0.0124. The Kier molecular flexibility index (Phi) is 4.92. The molecule has 1 atom stereocenters. The van der Waals surface area contributed by atoms with Gasteiger partial charge in [-0.2, -0.15) is 0 Å². The molecule has 96 valence electrons. The molecule has 0 aliphatic heterocycles. The van der Waals surface area contributed by atoms with Crippen LogP contribution in [0.3, 0.4) is 0 Å². The van der Waals surface area contributed by atoms with Gasteiger partial charge in [0.2, 0.25) is 0 Å². The molecule has 0 saturated carbocycles. The van der Waals surface area contributed by atoms with Crippen LogP contribution in [0.2, 0.25) is 5.02 Å². The number of nitrogens with two attached hydrogens (primary N) is 1. The largest absolute Gasteiger partial charge is 0.379 e. The monoisotopic (exact) mass is 259 g/mol. The summed E-state index contributed by atoms with van der Waals surface area (Å²) in [5.74, 6) is -0.347. The van der Waals surface area contributed by atoms with Crippen molar-refractivity contribution >= 4 is 11.6 Å². The Labute approximate surface area is 107 Å². The van der Waals surface area contributed by atoms with Gasteiger partial charge >= 0.3 is 0 Å². The first kappa shape index (κ1) is 14.4. The number of ether oxygens (including phenoxy) is 1. The molecule has 0 saturated heterocycles. The minimum atomic E-state index is -0.347. The summed E-state index contributed by atoms with van der Waals surface area (Å²) < 4.78 is 18.9. The smallest absolute Gasteiger partial charge is 0.129 e. The second-order valence-corrected chi connectivity index (χ2v) is 5.21. The fourth-order valence-electron chi connectivity index (χ4n) is 1.56. The normalized spacial score (nSPS) is 13.8. The zero-order valence-electron chi connectivity index (χ0n) is 10.5. The van der Waals surface area contributed by atoms with Gasteiger partial charge in [0.15, 0.2) is 0 Å². The number of rotatable bonds is 5. The molecule has 1 rings (SSSR count). The number of hydrogen-bond acceptors (Lipinski definition) is 2. The minimum absolute atomic E-state index is 0.236. The van der Waals surface area contributed by atoms with E-state index in [4.69, 9.17) is 22.1 Å². The lowest BCUT2D eigenvalue weighted by Crippen LogP contribution is -2.25. The number of hydrogen-bond donors (Lipinski definition) is 1. The first-order valence-electron chi connectivity index (χ1n) is 5.61. The molecule has 17 heavy (non-hydrogen) atoms. The van der Waals surface area contributed by atoms with Crippen molar-refractivity contribution < 1.29 is 9.13 Å². The highest BCUT2D eigenvalue weighted by atomic mass is 35.5. The molecule has 0 spiro atoms. The first-order valence-corrected chi connectivity index (χ1v) is 5.99. The molecule has 0 radical (unpaired) electrons. The second kappa shape index (κ2) is 5.80. The van der Waals surface area contributed by atoms with E-state index in [-0.39, 0.29) is 17.5 Å². The van der Waals surface area contributed by atoms with Crippen LogP contribution in [0.4, 0.5) is 4.39 Å². The van der Waals surface area contributed by atoms with Gasteiger partial charge in [0.05, 0.1) is 5.60 Å². The number of methoxy groups -OCH3 is 1. The van der Waals surface area contributed by atoms with E-state index in [0.29, 0.717) is 17.0 Å². The maximum atomic E-state index is 13.6. The Morgan fingerprint density at radius 2 is 2.12 bits per heavy atom. The van der Waals surface area contributed by atoms with Crippen molar-refractivity contribution in [3.05, 3.63) is 34.6 Å². The maximum Gasteiger partial charge on any atom is 0.129 e. The van der Waals surface area contributed by atoms with E-state index in [9.17, 15) is 4.39 Å². The summed E-state index contributed by atoms with van der Waals surface area (Å²) in [4.78, 5) is 0. The van der Waals surface area contributed by atoms with Crippen LogP contribution >= 0.6 is 11.6 Å². The van der Waals surface area contributed by atoms with Crippen LogP contribution in [0.1, 0.15) is 38.3 Å². The maximum absolute atomic E-state index is 13.6. The van der Waals surface area contributed by atoms with Crippen molar-refractivity contribution in [3.63, 3.8) is 0 Å². The van der Waals surface area contributed by atoms with Gasteiger partial charge in [-0.05, 0) is 38.8 Å². The minimum Gasteiger partial charge on any atom is -0.379 e. The van der Waals surface area contributed by atoms with Gasteiger partial charge in [0.25, 0.3) is 0 Å². The third-order valence-electron chi connectivity index (χ3n) is 2.97. The first-order chi connectivity index (χ1) is 7.85. The fourth-order valence-corrected chi connectivity index (χ4v) is 1.72. The second-order valence-electron chi connectivity index (χ2n) is 4.77. The number of halogens is 2. The highest BCUT2D eigenvalue weighted by Gasteiger charge is 2.19. The lowest BCUT2D eigenvalue weighted by Gasteiger charge is -2.24. The highest BCUT2D eigenvalue weighted by molar-refractivity contribution is 6.30. The van der Waals surface area contributed by atoms with E-state index in [1.54, 1.807) is 19.2 Å². The zero-order valence-corrected chi connectivity index (χ0v) is 11.2. The van der Waals surface area contributed by atoms with Crippen molar-refractivity contribution in [3.8, 4) is 0 Å². The van der Waals surface area contributed by atoms with Crippen LogP contribution in [0.15, 0.2) is 18.2 Å². The summed E-state index contributed by atoms with van der Waals surface area (Å²) in [7, 11) is 1.66. The van der Waals surface area contributed by atoms with Gasteiger partial charge in [-0.1, -0.05) is 17.7 Å². The molecule has 4 heteroatoms. The molecule has 1 unspecified atom stereocenters. The molecule has 0 aliphatic carbocycles. The molecule has 1 aromatic carbocycles. The predicted octanol–water partition coefficient (Wildman–Crippen LogP) is 3.68. The molecule has 2 nitrogen and oxygen atoms in total. The van der Waals surface area contributed by atoms with Gasteiger partial charge in [0, 0.05) is 23.7 Å². The van der Waals surface area contributed by atoms with Crippen LogP contribution in [0.25, 0.3) is 0 Å². The Morgan fingerprint density at radius 1 is 1.47 bits per heavy atom. The van der Waals surface area contributed by atoms with E-state index < -0.39 is 0 Å². The fraction of sp³-hybridized carbons (Fsp3) is 0.538. The lowest BCUT2D eigenvalue weighted by atomic mass is 9.95. The van der Waals surface area contributed by atoms with Gasteiger partial charge in [-0.25, -0.2) is 4.39 Å². The predicted molar refractivity (Wildman–Crippen MR) is 68.7 cm³/mol. The third-order valence-corrected chi connectivity index (χ3v) is 3.21. The van der Waals surface area contributed by atoms with E-state index in [1.807, 2.05) is 13.8 Å². The van der Waals surface area contributed by atoms with Crippen LogP contribution in [0, 0.1) is 5.82 Å². The average Bonchev–Trinajstić information content (AvgIpc) is 2.26. The van der Waals surface area contributed by atoms with Gasteiger partial charge in [-0.15, -0.1) is 0 Å². The quantitative estimate of drug-likeness (QED) is 0.875. The van der Waals surface area contributed by atoms with Crippen molar-refractivity contribution in [1.82, 2.24) is 0 Å². The third kappa shape index (κ3) is 4.26. The highest BCUT2D eigenvalue weighted by Crippen LogP contribution is 2.25. The average molecular weight is 260 g/mol. The van der Waals surface area contributed by atoms with Crippen molar-refractivity contribution in [2.24, 2.45) is 5.73 Å². The van der Waals surface area contributed by atoms with Crippen LogP contribution in [-0.4, -0.2) is 12.7 Å². The molecule has 0 fully saturated rings. The standard InChI is InChI=1S/C13H19ClFNO/c1-13(2,17-3)7-6-12(16)10-5-4-9(14)8-11(10)15/h4-5,8,12H,6-7,16H2,1-3H3. The topological polar surface area (TPSA) is 35.2 Å². The summed E-state index contributed by atoms with van der Waals surface area (Å²) >= 11 is 5.69. The molecule has 0 bridgehead atoms. The Balaban J connectivity index is 2.67. The SMILES string of the molecule is COC(C)(C)CCC(N)c1ccc(Cl)cc1F. The van der Waals surface area contributed by atoms with Crippen LogP contribution in [-0.2, 0) is 4.74 Å². The van der Waals surface area contributed by atoms with Gasteiger partial charge in [0.1, 0.15) is 5.82 Å². The number of benzene rings is 1. The molecular weight excluding hydrogens is 241 g/mol. The summed E-state index contributed by atoms with van der Waals surface area (Å²) in [6.45, 7) is 3.97. The molecule has 2 N–H and O–H groups in total. The van der Waals surface area contributed by atoms with Crippen LogP contribution < -0.4 is 5.73 Å². The van der Waals surface area contributed by atoms with Crippen molar-refractivity contribution in [2.45, 2.75) is 38.3 Å². The molecule has 0 heterocycles. The molecule has 0 amide bonds. The Bertz CT molecular complexity index is 382. The van der Waals surface area contributed by atoms with E-state index in [2.05, 4.69) is 0 Å².